The highest BCUT2D eigenvalue weighted by Gasteiger charge is 2.06. The van der Waals surface area contributed by atoms with Crippen molar-refractivity contribution < 1.29 is 0 Å². The first-order valence-electron chi connectivity index (χ1n) is 5.50. The lowest BCUT2D eigenvalue weighted by molar-refractivity contribution is 1.29. The summed E-state index contributed by atoms with van der Waals surface area (Å²) in [5.74, 6) is 5.40. The summed E-state index contributed by atoms with van der Waals surface area (Å²) in [4.78, 5) is 2.05. The molecule has 0 atom stereocenters. The first-order chi connectivity index (χ1) is 8.60. The molecule has 0 spiro atoms. The fourth-order valence-corrected chi connectivity index (χ4v) is 2.59. The van der Waals surface area contributed by atoms with Gasteiger partial charge in [0.15, 0.2) is 0 Å². The predicted octanol–water partition coefficient (Wildman–Crippen LogP) is 2.60. The monoisotopic (exact) mass is 260 g/mol. The molecule has 0 heterocycles. The van der Waals surface area contributed by atoms with E-state index in [4.69, 9.17) is 17.3 Å². The van der Waals surface area contributed by atoms with Crippen LogP contribution in [0.25, 0.3) is 0 Å². The minimum atomic E-state index is 0.723. The molecule has 94 valence electrons. The van der Waals surface area contributed by atoms with Gasteiger partial charge in [-0.1, -0.05) is 17.8 Å². The van der Waals surface area contributed by atoms with E-state index in [1.165, 1.54) is 5.56 Å². The number of anilines is 3. The van der Waals surface area contributed by atoms with Crippen LogP contribution in [0.4, 0.5) is 17.1 Å². The normalized spacial score (nSPS) is 10.3. The lowest BCUT2D eigenvalue weighted by atomic mass is 10.2. The third-order valence-electron chi connectivity index (χ3n) is 2.61. The van der Waals surface area contributed by atoms with Gasteiger partial charge in [-0.05, 0) is 42.8 Å². The maximum atomic E-state index is 5.96. The summed E-state index contributed by atoms with van der Waals surface area (Å²) in [7, 11) is 0. The van der Waals surface area contributed by atoms with Gasteiger partial charge >= 0.3 is 0 Å². The van der Waals surface area contributed by atoms with E-state index in [2.05, 4.69) is 5.43 Å². The summed E-state index contributed by atoms with van der Waals surface area (Å²) in [6.07, 6.45) is 0. The van der Waals surface area contributed by atoms with Gasteiger partial charge in [0, 0.05) is 26.9 Å². The summed E-state index contributed by atoms with van der Waals surface area (Å²) in [5.41, 5.74) is 17.8. The minimum Gasteiger partial charge on any atom is -0.399 e. The largest absolute Gasteiger partial charge is 0.399 e. The third kappa shape index (κ3) is 2.69. The van der Waals surface area contributed by atoms with Crippen molar-refractivity contribution in [2.75, 3.05) is 16.9 Å². The number of hydrogen-bond donors (Lipinski definition) is 4. The number of hydrogen-bond acceptors (Lipinski definition) is 5. The fraction of sp³-hybridized carbons (Fsp3) is 0.0769. The van der Waals surface area contributed by atoms with Gasteiger partial charge in [-0.15, -0.1) is 0 Å². The van der Waals surface area contributed by atoms with Gasteiger partial charge in [-0.25, -0.2) is 0 Å². The highest BCUT2D eigenvalue weighted by molar-refractivity contribution is 7.99. The van der Waals surface area contributed by atoms with Crippen molar-refractivity contribution in [3.8, 4) is 0 Å². The maximum Gasteiger partial charge on any atom is 0.0497 e. The zero-order chi connectivity index (χ0) is 13.1. The van der Waals surface area contributed by atoms with Gasteiger partial charge in [-0.2, -0.15) is 0 Å². The Morgan fingerprint density at radius 3 is 2.50 bits per heavy atom. The van der Waals surface area contributed by atoms with Crippen molar-refractivity contribution >= 4 is 28.8 Å². The van der Waals surface area contributed by atoms with E-state index in [9.17, 15) is 0 Å². The molecule has 0 saturated carbocycles. The number of nitrogens with one attached hydrogen (secondary N) is 1. The average molecular weight is 260 g/mol. The number of nitrogen functional groups attached to an aromatic ring is 3. The van der Waals surface area contributed by atoms with Crippen LogP contribution in [0, 0.1) is 6.92 Å². The van der Waals surface area contributed by atoms with Gasteiger partial charge in [-0.3, -0.25) is 5.84 Å². The van der Waals surface area contributed by atoms with Crippen LogP contribution in [-0.4, -0.2) is 0 Å². The molecule has 7 N–H and O–H groups in total. The topological polar surface area (TPSA) is 90.1 Å². The van der Waals surface area contributed by atoms with E-state index in [0.29, 0.717) is 0 Å². The van der Waals surface area contributed by atoms with Crippen molar-refractivity contribution in [3.63, 3.8) is 0 Å². The molecule has 5 heteroatoms. The van der Waals surface area contributed by atoms with Crippen molar-refractivity contribution in [3.05, 3.63) is 42.0 Å². The van der Waals surface area contributed by atoms with Crippen molar-refractivity contribution in [1.29, 1.82) is 0 Å². The molecule has 0 aliphatic heterocycles. The number of rotatable bonds is 3. The number of nitrogens with two attached hydrogens (primary N) is 3. The number of aryl methyl sites for hydroxylation is 1. The Bertz CT molecular complexity index is 569. The van der Waals surface area contributed by atoms with Crippen LogP contribution < -0.4 is 22.7 Å². The minimum absolute atomic E-state index is 0.723. The molecule has 0 aromatic heterocycles. The zero-order valence-electron chi connectivity index (χ0n) is 10.1. The predicted molar refractivity (Wildman–Crippen MR) is 78.4 cm³/mol. The van der Waals surface area contributed by atoms with Crippen LogP contribution in [0.2, 0.25) is 0 Å². The van der Waals surface area contributed by atoms with Crippen molar-refractivity contribution in [2.24, 2.45) is 5.84 Å². The number of benzene rings is 2. The summed E-state index contributed by atoms with van der Waals surface area (Å²) < 4.78 is 0. The van der Waals surface area contributed by atoms with Crippen molar-refractivity contribution in [2.45, 2.75) is 16.7 Å². The van der Waals surface area contributed by atoms with Gasteiger partial charge in [0.25, 0.3) is 0 Å². The highest BCUT2D eigenvalue weighted by Crippen LogP contribution is 2.36. The first-order valence-corrected chi connectivity index (χ1v) is 6.32. The molecule has 0 fully saturated rings. The Kier molecular flexibility index (Phi) is 3.64. The Hall–Kier alpha value is -1.85. The van der Waals surface area contributed by atoms with E-state index in [1.54, 1.807) is 11.8 Å². The molecule has 0 bridgehead atoms. The van der Waals surface area contributed by atoms with Crippen molar-refractivity contribution in [1.82, 2.24) is 0 Å². The van der Waals surface area contributed by atoms with Crippen LogP contribution in [-0.2, 0) is 0 Å². The molecule has 0 aliphatic carbocycles. The van der Waals surface area contributed by atoms with E-state index in [1.807, 2.05) is 43.3 Å². The summed E-state index contributed by atoms with van der Waals surface area (Å²) >= 11 is 1.58. The molecule has 2 rings (SSSR count). The van der Waals surface area contributed by atoms with Gasteiger partial charge in [0.05, 0.1) is 0 Å². The lowest BCUT2D eigenvalue weighted by Crippen LogP contribution is -2.06. The summed E-state index contributed by atoms with van der Waals surface area (Å²) in [6.45, 7) is 2.04. The molecule has 0 unspecified atom stereocenters. The Balaban J connectivity index is 2.36. The summed E-state index contributed by atoms with van der Waals surface area (Å²) in [5, 5.41) is 0. The van der Waals surface area contributed by atoms with Crippen LogP contribution in [0.5, 0.6) is 0 Å². The smallest absolute Gasteiger partial charge is 0.0497 e. The first kappa shape index (κ1) is 12.6. The Morgan fingerprint density at radius 2 is 1.78 bits per heavy atom. The molecular weight excluding hydrogens is 244 g/mol. The molecule has 18 heavy (non-hydrogen) atoms. The van der Waals surface area contributed by atoms with Gasteiger partial charge in [0.1, 0.15) is 0 Å². The lowest BCUT2D eigenvalue weighted by Gasteiger charge is -2.10. The molecule has 2 aromatic carbocycles. The molecule has 4 nitrogen and oxygen atoms in total. The highest BCUT2D eigenvalue weighted by atomic mass is 32.2. The molecule has 0 aliphatic rings. The molecule has 0 amide bonds. The fourth-order valence-electron chi connectivity index (χ4n) is 1.56. The van der Waals surface area contributed by atoms with Crippen LogP contribution in [0.1, 0.15) is 5.56 Å². The SMILES string of the molecule is Cc1ccc(N)cc1Sc1cc(NN)ccc1N. The van der Waals surface area contributed by atoms with E-state index >= 15 is 0 Å². The second-order valence-electron chi connectivity index (χ2n) is 4.02. The summed E-state index contributed by atoms with van der Waals surface area (Å²) in [6, 6.07) is 11.4. The third-order valence-corrected chi connectivity index (χ3v) is 3.85. The molecular formula is C13H16N4S. The second kappa shape index (κ2) is 5.20. The quantitative estimate of drug-likeness (QED) is 0.387. The van der Waals surface area contributed by atoms with Crippen LogP contribution in [0.3, 0.4) is 0 Å². The average Bonchev–Trinajstić information content (AvgIpc) is 2.36. The van der Waals surface area contributed by atoms with E-state index in [-0.39, 0.29) is 0 Å². The van der Waals surface area contributed by atoms with Gasteiger partial charge < -0.3 is 16.9 Å². The standard InChI is InChI=1S/C13H16N4S/c1-8-2-3-9(14)6-12(8)18-13-7-10(17-16)4-5-11(13)15/h2-7,17H,14-16H2,1H3. The van der Waals surface area contributed by atoms with Crippen LogP contribution in [0.15, 0.2) is 46.2 Å². The Labute approximate surface area is 111 Å². The second-order valence-corrected chi connectivity index (χ2v) is 5.11. The number of hydrazine groups is 1. The maximum absolute atomic E-state index is 5.96. The molecule has 0 saturated heterocycles. The zero-order valence-corrected chi connectivity index (χ0v) is 10.9. The van der Waals surface area contributed by atoms with Gasteiger partial charge in [0.2, 0.25) is 0 Å². The Morgan fingerprint density at radius 1 is 1.00 bits per heavy atom. The van der Waals surface area contributed by atoms with E-state index in [0.717, 1.165) is 26.9 Å². The van der Waals surface area contributed by atoms with E-state index < -0.39 is 0 Å². The molecule has 0 radical (unpaired) electrons. The van der Waals surface area contributed by atoms with Crippen LogP contribution >= 0.6 is 11.8 Å². The molecule has 2 aromatic rings.